The molecule has 0 atom stereocenters. The van der Waals surface area contributed by atoms with E-state index in [-0.39, 0.29) is 26.1 Å². The van der Waals surface area contributed by atoms with Crippen LogP contribution in [-0.4, -0.2) is 68.0 Å². The largest absolute Gasteiger partial charge is 0.381 e. The molecular formula is C21H33N3O5S. The zero-order chi connectivity index (χ0) is 21.6. The molecule has 30 heavy (non-hydrogen) atoms. The van der Waals surface area contributed by atoms with Gasteiger partial charge in [0.15, 0.2) is 4.75 Å². The molecule has 0 aliphatic carbocycles. The van der Waals surface area contributed by atoms with E-state index in [2.05, 4.69) is 36.1 Å². The minimum Gasteiger partial charge on any atom is -0.381 e. The lowest BCUT2D eigenvalue weighted by Crippen LogP contribution is -2.62. The van der Waals surface area contributed by atoms with E-state index >= 15 is 0 Å². The molecule has 2 heterocycles. The fourth-order valence-corrected chi connectivity index (χ4v) is 6.39. The predicted molar refractivity (Wildman–Crippen MR) is 115 cm³/mol. The Labute approximate surface area is 179 Å². The van der Waals surface area contributed by atoms with Crippen LogP contribution >= 0.6 is 0 Å². The van der Waals surface area contributed by atoms with Crippen molar-refractivity contribution in [1.29, 1.82) is 0 Å². The summed E-state index contributed by atoms with van der Waals surface area (Å²) in [4.78, 5) is 14.5. The molecule has 2 saturated heterocycles. The Morgan fingerprint density at radius 1 is 1.10 bits per heavy atom. The second-order valence-corrected chi connectivity index (χ2v) is 10.3. The third-order valence-corrected chi connectivity index (χ3v) is 8.88. The van der Waals surface area contributed by atoms with Crippen LogP contribution in [0.25, 0.3) is 0 Å². The highest BCUT2D eigenvalue weighted by Crippen LogP contribution is 2.33. The van der Waals surface area contributed by atoms with Gasteiger partial charge in [-0.05, 0) is 30.5 Å². The summed E-state index contributed by atoms with van der Waals surface area (Å²) >= 11 is 0. The summed E-state index contributed by atoms with van der Waals surface area (Å²) in [5.41, 5.74) is 3.98. The number of hydrogen-bond donors (Lipinski definition) is 2. The second kappa shape index (κ2) is 10.1. The fourth-order valence-electron chi connectivity index (χ4n) is 4.29. The summed E-state index contributed by atoms with van der Waals surface area (Å²) in [6.07, 6.45) is 4.81. The molecule has 0 saturated carbocycles. The van der Waals surface area contributed by atoms with Crippen molar-refractivity contribution in [3.05, 3.63) is 29.8 Å². The first-order valence-corrected chi connectivity index (χ1v) is 12.2. The summed E-state index contributed by atoms with van der Waals surface area (Å²) in [6.45, 7) is 4.28. The van der Waals surface area contributed by atoms with Gasteiger partial charge >= 0.3 is 0 Å². The number of amides is 1. The van der Waals surface area contributed by atoms with E-state index in [0.29, 0.717) is 26.2 Å². The number of hydrogen-bond acceptors (Lipinski definition) is 6. The molecule has 0 spiro atoms. The first kappa shape index (κ1) is 23.0. The van der Waals surface area contributed by atoms with E-state index in [1.165, 1.54) is 29.1 Å². The number of nitrogens with zero attached hydrogens (tertiary/aromatic N) is 2. The van der Waals surface area contributed by atoms with Crippen LogP contribution in [0.4, 0.5) is 5.69 Å². The lowest BCUT2D eigenvalue weighted by molar-refractivity contribution is -0.134. The predicted octanol–water partition coefficient (Wildman–Crippen LogP) is 1.93. The standard InChI is InChI=1S/C21H33N3O5S/c1-2-3-4-5-18-6-8-19(9-7-18)23-12-14-24(15-13-23)30(27,28)21(20(25)22-26)10-16-29-17-11-21/h6-9,26H,2-5,10-17H2,1H3,(H,22,25). The van der Waals surface area contributed by atoms with Crippen molar-refractivity contribution >= 4 is 21.6 Å². The van der Waals surface area contributed by atoms with Crippen molar-refractivity contribution in [3.63, 3.8) is 0 Å². The molecule has 1 amide bonds. The van der Waals surface area contributed by atoms with Gasteiger partial charge in [0.1, 0.15) is 0 Å². The molecule has 0 bridgehead atoms. The van der Waals surface area contributed by atoms with Gasteiger partial charge in [0.2, 0.25) is 10.0 Å². The van der Waals surface area contributed by atoms with Gasteiger partial charge in [0.25, 0.3) is 5.91 Å². The van der Waals surface area contributed by atoms with Gasteiger partial charge in [-0.1, -0.05) is 31.9 Å². The highest BCUT2D eigenvalue weighted by Gasteiger charge is 2.54. The molecule has 2 aliphatic rings. The van der Waals surface area contributed by atoms with Gasteiger partial charge < -0.3 is 9.64 Å². The van der Waals surface area contributed by atoms with E-state index in [1.54, 1.807) is 5.48 Å². The maximum Gasteiger partial charge on any atom is 0.266 e. The van der Waals surface area contributed by atoms with Crippen LogP contribution in [0.2, 0.25) is 0 Å². The minimum atomic E-state index is -3.93. The van der Waals surface area contributed by atoms with Crippen molar-refractivity contribution in [2.24, 2.45) is 0 Å². The highest BCUT2D eigenvalue weighted by molar-refractivity contribution is 7.91. The summed E-state index contributed by atoms with van der Waals surface area (Å²) in [5, 5.41) is 9.16. The topological polar surface area (TPSA) is 99.2 Å². The number of carbonyl (C=O) groups is 1. The summed E-state index contributed by atoms with van der Waals surface area (Å²) < 4.78 is 31.7. The number of hydroxylamine groups is 1. The normalized spacial score (nSPS) is 20.1. The lowest BCUT2D eigenvalue weighted by atomic mass is 9.98. The van der Waals surface area contributed by atoms with Crippen LogP contribution in [0.5, 0.6) is 0 Å². The molecule has 9 heteroatoms. The first-order chi connectivity index (χ1) is 14.4. The maximum atomic E-state index is 13.4. The maximum absolute atomic E-state index is 13.4. The van der Waals surface area contributed by atoms with Crippen molar-refractivity contribution < 1.29 is 23.2 Å². The van der Waals surface area contributed by atoms with Gasteiger partial charge in [0.05, 0.1) is 0 Å². The van der Waals surface area contributed by atoms with E-state index in [9.17, 15) is 13.2 Å². The van der Waals surface area contributed by atoms with E-state index in [0.717, 1.165) is 12.1 Å². The van der Waals surface area contributed by atoms with Crippen molar-refractivity contribution in [2.75, 3.05) is 44.3 Å². The average molecular weight is 440 g/mol. The SMILES string of the molecule is CCCCCc1ccc(N2CCN(S(=O)(=O)C3(C(=O)NO)CCOCC3)CC2)cc1. The summed E-state index contributed by atoms with van der Waals surface area (Å²) in [7, 11) is -3.93. The van der Waals surface area contributed by atoms with Gasteiger partial charge in [0, 0.05) is 57.9 Å². The van der Waals surface area contributed by atoms with Crippen LogP contribution in [0.3, 0.4) is 0 Å². The Morgan fingerprint density at radius 2 is 1.73 bits per heavy atom. The van der Waals surface area contributed by atoms with Crippen LogP contribution in [0.15, 0.2) is 24.3 Å². The Hall–Kier alpha value is -1.68. The number of rotatable bonds is 8. The van der Waals surface area contributed by atoms with Crippen molar-refractivity contribution in [2.45, 2.75) is 50.2 Å². The van der Waals surface area contributed by atoms with Crippen LogP contribution in [0.1, 0.15) is 44.6 Å². The minimum absolute atomic E-state index is 0.0431. The number of benzene rings is 1. The zero-order valence-electron chi connectivity index (χ0n) is 17.7. The molecule has 0 aromatic heterocycles. The smallest absolute Gasteiger partial charge is 0.266 e. The highest BCUT2D eigenvalue weighted by atomic mass is 32.2. The molecule has 1 aromatic carbocycles. The fraction of sp³-hybridized carbons (Fsp3) is 0.667. The Morgan fingerprint density at radius 3 is 2.30 bits per heavy atom. The number of ether oxygens (including phenoxy) is 1. The van der Waals surface area contributed by atoms with Gasteiger partial charge in [-0.2, -0.15) is 4.31 Å². The molecule has 0 unspecified atom stereocenters. The van der Waals surface area contributed by atoms with Crippen LogP contribution < -0.4 is 10.4 Å². The van der Waals surface area contributed by atoms with Crippen LogP contribution in [-0.2, 0) is 26.0 Å². The molecule has 3 rings (SSSR count). The van der Waals surface area contributed by atoms with Crippen molar-refractivity contribution in [3.8, 4) is 0 Å². The average Bonchev–Trinajstić information content (AvgIpc) is 2.79. The van der Waals surface area contributed by atoms with Gasteiger partial charge in [-0.25, -0.2) is 13.9 Å². The number of unbranched alkanes of at least 4 members (excludes halogenated alkanes) is 2. The van der Waals surface area contributed by atoms with Crippen LogP contribution in [0, 0.1) is 0 Å². The van der Waals surface area contributed by atoms with Gasteiger partial charge in [-0.15, -0.1) is 0 Å². The Bertz CT molecular complexity index is 798. The molecule has 1 aromatic rings. The quantitative estimate of drug-likeness (QED) is 0.365. The second-order valence-electron chi connectivity index (χ2n) is 8.06. The molecule has 168 valence electrons. The van der Waals surface area contributed by atoms with Crippen molar-refractivity contribution in [1.82, 2.24) is 9.79 Å². The number of piperazine rings is 1. The number of nitrogens with one attached hydrogen (secondary N) is 1. The first-order valence-electron chi connectivity index (χ1n) is 10.8. The van der Waals surface area contributed by atoms with E-state index < -0.39 is 20.7 Å². The van der Waals surface area contributed by atoms with Gasteiger partial charge in [-0.3, -0.25) is 10.0 Å². The number of anilines is 1. The third-order valence-electron chi connectivity index (χ3n) is 6.26. The lowest BCUT2D eigenvalue weighted by Gasteiger charge is -2.42. The molecule has 0 radical (unpaired) electrons. The molecular weight excluding hydrogens is 406 g/mol. The number of carbonyl (C=O) groups excluding carboxylic acids is 1. The number of aryl methyl sites for hydroxylation is 1. The van der Waals surface area contributed by atoms with E-state index in [1.807, 2.05) is 0 Å². The zero-order valence-corrected chi connectivity index (χ0v) is 18.5. The molecule has 2 fully saturated rings. The molecule has 2 N–H and O–H groups in total. The monoisotopic (exact) mass is 439 g/mol. The third kappa shape index (κ3) is 4.64. The Kier molecular flexibility index (Phi) is 7.73. The summed E-state index contributed by atoms with van der Waals surface area (Å²) in [6, 6.07) is 8.50. The molecule has 8 nitrogen and oxygen atoms in total. The Balaban J connectivity index is 1.64. The van der Waals surface area contributed by atoms with E-state index in [4.69, 9.17) is 9.94 Å². The number of sulfonamides is 1. The summed E-state index contributed by atoms with van der Waals surface area (Å²) in [5.74, 6) is -0.869. The molecule has 2 aliphatic heterocycles.